The number of ether oxygens (including phenoxy) is 1. The standard InChI is InChI=1S/C29H27Cl4N3O2/c1-18-4-5-19(2)27(12-18)34-29(37)20(3)36-11-10-35(17-36)15-28(24-9-8-23(31)14-26(24)33)38-16-21-6-7-22(30)13-25(21)32/h4-14,17,20,28H,15-16H2,1-3H3/p+1. The summed E-state index contributed by atoms with van der Waals surface area (Å²) in [4.78, 5) is 13.0. The van der Waals surface area contributed by atoms with E-state index in [1.807, 2.05) is 79.0 Å². The minimum Gasteiger partial charge on any atom is -0.365 e. The van der Waals surface area contributed by atoms with Crippen molar-refractivity contribution in [3.8, 4) is 0 Å². The summed E-state index contributed by atoms with van der Waals surface area (Å²) < 4.78 is 10.1. The molecule has 2 unspecified atom stereocenters. The number of aromatic nitrogens is 2. The largest absolute Gasteiger partial charge is 0.365 e. The summed E-state index contributed by atoms with van der Waals surface area (Å²) in [6.07, 6.45) is 5.23. The number of hydrogen-bond acceptors (Lipinski definition) is 2. The summed E-state index contributed by atoms with van der Waals surface area (Å²) in [5, 5.41) is 5.18. The van der Waals surface area contributed by atoms with Gasteiger partial charge < -0.3 is 10.1 Å². The van der Waals surface area contributed by atoms with Crippen molar-refractivity contribution in [2.45, 2.75) is 46.1 Å². The van der Waals surface area contributed by atoms with Crippen molar-refractivity contribution >= 4 is 58.0 Å². The van der Waals surface area contributed by atoms with Crippen LogP contribution in [-0.4, -0.2) is 10.5 Å². The predicted octanol–water partition coefficient (Wildman–Crippen LogP) is 8.16. The van der Waals surface area contributed by atoms with Crippen molar-refractivity contribution in [1.29, 1.82) is 0 Å². The molecule has 0 aliphatic carbocycles. The lowest BCUT2D eigenvalue weighted by molar-refractivity contribution is -0.705. The van der Waals surface area contributed by atoms with Gasteiger partial charge in [-0.15, -0.1) is 0 Å². The van der Waals surface area contributed by atoms with E-state index in [1.165, 1.54) is 0 Å². The number of aryl methyl sites for hydroxylation is 2. The van der Waals surface area contributed by atoms with Crippen molar-refractivity contribution in [2.24, 2.45) is 0 Å². The Morgan fingerprint density at radius 2 is 1.68 bits per heavy atom. The molecule has 1 N–H and O–H groups in total. The molecular weight excluding hydrogens is 564 g/mol. The number of rotatable bonds is 9. The molecule has 0 spiro atoms. The van der Waals surface area contributed by atoms with Crippen LogP contribution in [0.1, 0.15) is 41.3 Å². The van der Waals surface area contributed by atoms with Crippen molar-refractivity contribution in [3.05, 3.63) is 116 Å². The number of halogens is 4. The molecule has 4 rings (SSSR count). The number of nitrogens with zero attached hydrogens (tertiary/aromatic N) is 2. The first kappa shape index (κ1) is 28.5. The zero-order valence-corrected chi connectivity index (χ0v) is 24.2. The van der Waals surface area contributed by atoms with E-state index < -0.39 is 12.1 Å². The second-order valence-electron chi connectivity index (χ2n) is 9.24. The van der Waals surface area contributed by atoms with Gasteiger partial charge in [-0.2, -0.15) is 0 Å². The number of anilines is 1. The van der Waals surface area contributed by atoms with Gasteiger partial charge in [-0.05, 0) is 67.8 Å². The first-order valence-corrected chi connectivity index (χ1v) is 13.6. The molecule has 3 aromatic carbocycles. The zero-order valence-electron chi connectivity index (χ0n) is 21.2. The summed E-state index contributed by atoms with van der Waals surface area (Å²) in [5.74, 6) is -0.104. The van der Waals surface area contributed by atoms with Crippen LogP contribution >= 0.6 is 46.4 Å². The number of amides is 1. The predicted molar refractivity (Wildman–Crippen MR) is 154 cm³/mol. The van der Waals surface area contributed by atoms with Crippen LogP contribution in [0.4, 0.5) is 5.69 Å². The Balaban J connectivity index is 1.51. The molecule has 0 fully saturated rings. The topological polar surface area (TPSA) is 47.1 Å². The van der Waals surface area contributed by atoms with Gasteiger partial charge in [0.25, 0.3) is 5.91 Å². The van der Waals surface area contributed by atoms with Crippen LogP contribution in [0.2, 0.25) is 20.1 Å². The highest BCUT2D eigenvalue weighted by molar-refractivity contribution is 6.35. The van der Waals surface area contributed by atoms with Crippen molar-refractivity contribution < 1.29 is 14.1 Å². The summed E-state index contributed by atoms with van der Waals surface area (Å²) in [5.41, 5.74) is 4.52. The Kier molecular flexibility index (Phi) is 9.40. The van der Waals surface area contributed by atoms with E-state index in [2.05, 4.69) is 5.32 Å². The van der Waals surface area contributed by atoms with Gasteiger partial charge in [0.2, 0.25) is 6.33 Å². The van der Waals surface area contributed by atoms with Gasteiger partial charge in [0.1, 0.15) is 25.0 Å². The molecule has 0 radical (unpaired) electrons. The van der Waals surface area contributed by atoms with Gasteiger partial charge in [-0.3, -0.25) is 4.79 Å². The second-order valence-corrected chi connectivity index (χ2v) is 10.9. The van der Waals surface area contributed by atoms with Gasteiger partial charge in [0.05, 0.1) is 6.61 Å². The number of nitrogens with one attached hydrogen (secondary N) is 1. The maximum absolute atomic E-state index is 13.0. The third kappa shape index (κ3) is 7.10. The van der Waals surface area contributed by atoms with Crippen LogP contribution in [0.15, 0.2) is 73.3 Å². The molecule has 1 heterocycles. The van der Waals surface area contributed by atoms with Crippen LogP contribution in [-0.2, 0) is 22.7 Å². The van der Waals surface area contributed by atoms with Crippen molar-refractivity contribution in [1.82, 2.24) is 4.57 Å². The average Bonchev–Trinajstić information content (AvgIpc) is 3.33. The molecule has 38 heavy (non-hydrogen) atoms. The number of carbonyl (C=O) groups is 1. The second kappa shape index (κ2) is 12.5. The normalized spacial score (nSPS) is 12.8. The molecule has 1 aromatic heterocycles. The van der Waals surface area contributed by atoms with Crippen LogP contribution < -0.4 is 9.88 Å². The third-order valence-electron chi connectivity index (χ3n) is 6.33. The molecule has 9 heteroatoms. The SMILES string of the molecule is Cc1ccc(C)c(NC(=O)C(C)n2cc[n+](CC(OCc3ccc(Cl)cc3Cl)c3ccc(Cl)cc3Cl)c2)c1. The molecule has 0 aliphatic rings. The van der Waals surface area contributed by atoms with Crippen LogP contribution in [0.3, 0.4) is 0 Å². The van der Waals surface area contributed by atoms with E-state index in [0.717, 1.165) is 27.9 Å². The Labute approximate surface area is 242 Å². The molecule has 0 saturated carbocycles. The lowest BCUT2D eigenvalue weighted by Gasteiger charge is -2.19. The Morgan fingerprint density at radius 3 is 2.39 bits per heavy atom. The summed E-state index contributed by atoms with van der Waals surface area (Å²) in [6, 6.07) is 16.2. The van der Waals surface area contributed by atoms with Gasteiger partial charge in [0, 0.05) is 31.3 Å². The molecule has 0 bridgehead atoms. The summed E-state index contributed by atoms with van der Waals surface area (Å²) in [7, 11) is 0. The maximum atomic E-state index is 13.0. The Morgan fingerprint density at radius 1 is 0.974 bits per heavy atom. The molecule has 1 amide bonds. The quantitative estimate of drug-likeness (QED) is 0.200. The maximum Gasteiger partial charge on any atom is 0.269 e. The summed E-state index contributed by atoms with van der Waals surface area (Å²) in [6.45, 7) is 6.54. The molecule has 0 aliphatic heterocycles. The van der Waals surface area contributed by atoms with E-state index in [4.69, 9.17) is 51.1 Å². The Hall–Kier alpha value is -2.54. The first-order valence-electron chi connectivity index (χ1n) is 12.1. The van der Waals surface area contributed by atoms with E-state index in [0.29, 0.717) is 26.6 Å². The minimum atomic E-state index is -0.428. The van der Waals surface area contributed by atoms with Gasteiger partial charge in [0.15, 0.2) is 6.04 Å². The molecule has 198 valence electrons. The molecule has 4 aromatic rings. The van der Waals surface area contributed by atoms with E-state index in [-0.39, 0.29) is 12.5 Å². The minimum absolute atomic E-state index is 0.104. The van der Waals surface area contributed by atoms with Crippen LogP contribution in [0.5, 0.6) is 0 Å². The highest BCUT2D eigenvalue weighted by atomic mass is 35.5. The first-order chi connectivity index (χ1) is 18.1. The lowest BCUT2D eigenvalue weighted by Crippen LogP contribution is -2.36. The molecular formula is C29H28Cl4N3O2+. The third-order valence-corrected chi connectivity index (χ3v) is 7.48. The number of carbonyl (C=O) groups excluding carboxylic acids is 1. The Bertz CT molecular complexity index is 1450. The highest BCUT2D eigenvalue weighted by Gasteiger charge is 2.24. The zero-order chi connectivity index (χ0) is 27.4. The number of benzene rings is 3. The van der Waals surface area contributed by atoms with Crippen LogP contribution in [0, 0.1) is 13.8 Å². The number of hydrogen-bond donors (Lipinski definition) is 1. The lowest BCUT2D eigenvalue weighted by atomic mass is 10.1. The molecule has 5 nitrogen and oxygen atoms in total. The fourth-order valence-electron chi connectivity index (χ4n) is 4.02. The van der Waals surface area contributed by atoms with Crippen molar-refractivity contribution in [2.75, 3.05) is 5.32 Å². The smallest absolute Gasteiger partial charge is 0.269 e. The average molecular weight is 592 g/mol. The molecule has 2 atom stereocenters. The van der Waals surface area contributed by atoms with Gasteiger partial charge in [-0.25, -0.2) is 9.13 Å². The van der Waals surface area contributed by atoms with Gasteiger partial charge >= 0.3 is 0 Å². The highest BCUT2D eigenvalue weighted by Crippen LogP contribution is 2.31. The fraction of sp³-hybridized carbons (Fsp3) is 0.241. The van der Waals surface area contributed by atoms with Crippen molar-refractivity contribution in [3.63, 3.8) is 0 Å². The summed E-state index contributed by atoms with van der Waals surface area (Å²) >= 11 is 25.1. The van der Waals surface area contributed by atoms with E-state index in [9.17, 15) is 4.79 Å². The van der Waals surface area contributed by atoms with Gasteiger partial charge in [-0.1, -0.05) is 70.7 Å². The van der Waals surface area contributed by atoms with Crippen LogP contribution in [0.25, 0.3) is 0 Å². The van der Waals surface area contributed by atoms with E-state index >= 15 is 0 Å². The molecule has 0 saturated heterocycles. The van der Waals surface area contributed by atoms with E-state index in [1.54, 1.807) is 24.3 Å². The fourth-order valence-corrected chi connectivity index (χ4v) is 5.01. The monoisotopic (exact) mass is 590 g/mol. The number of imidazole rings is 1.